The summed E-state index contributed by atoms with van der Waals surface area (Å²) in [7, 11) is 1.58. The SMILES string of the molecule is COc1cc(N)cc(Nc2c(Cl)cc(Cl)c3c2N=S=N3)c1. The second-order valence-corrected chi connectivity index (χ2v) is 5.64. The molecule has 0 aliphatic carbocycles. The molecule has 3 rings (SSSR count). The van der Waals surface area contributed by atoms with Gasteiger partial charge < -0.3 is 15.8 Å². The van der Waals surface area contributed by atoms with Crippen molar-refractivity contribution in [3.05, 3.63) is 34.3 Å². The molecule has 1 heterocycles. The predicted molar refractivity (Wildman–Crippen MR) is 88.7 cm³/mol. The summed E-state index contributed by atoms with van der Waals surface area (Å²) in [4.78, 5) is 0. The molecular formula is C13H10Cl2N4OS. The van der Waals surface area contributed by atoms with Crippen LogP contribution < -0.4 is 15.8 Å². The Hall–Kier alpha value is -1.76. The van der Waals surface area contributed by atoms with Crippen LogP contribution in [0.15, 0.2) is 33.0 Å². The summed E-state index contributed by atoms with van der Waals surface area (Å²) in [5.41, 5.74) is 9.04. The highest BCUT2D eigenvalue weighted by Gasteiger charge is 2.19. The quantitative estimate of drug-likeness (QED) is 0.655. The first kappa shape index (κ1) is 14.2. The molecular weight excluding hydrogens is 331 g/mol. The Morgan fingerprint density at radius 3 is 2.62 bits per heavy atom. The molecule has 108 valence electrons. The largest absolute Gasteiger partial charge is 0.497 e. The van der Waals surface area contributed by atoms with Gasteiger partial charge in [-0.2, -0.15) is 8.73 Å². The van der Waals surface area contributed by atoms with Crippen molar-refractivity contribution in [2.75, 3.05) is 18.2 Å². The topological polar surface area (TPSA) is 72.0 Å². The first-order valence-electron chi connectivity index (χ1n) is 5.90. The van der Waals surface area contributed by atoms with Crippen molar-refractivity contribution in [1.82, 2.24) is 0 Å². The average Bonchev–Trinajstić information content (AvgIpc) is 2.92. The smallest absolute Gasteiger partial charge is 0.131 e. The van der Waals surface area contributed by atoms with Crippen molar-refractivity contribution >= 4 is 63.0 Å². The monoisotopic (exact) mass is 340 g/mol. The molecule has 2 aromatic rings. The number of fused-ring (bicyclic) bond motifs is 1. The number of nitrogens with zero attached hydrogens (tertiary/aromatic N) is 2. The number of ether oxygens (including phenoxy) is 1. The van der Waals surface area contributed by atoms with Crippen molar-refractivity contribution in [2.24, 2.45) is 8.73 Å². The zero-order valence-electron chi connectivity index (χ0n) is 10.9. The maximum Gasteiger partial charge on any atom is 0.131 e. The molecule has 8 heteroatoms. The van der Waals surface area contributed by atoms with Crippen molar-refractivity contribution < 1.29 is 4.74 Å². The Balaban J connectivity index is 2.06. The minimum absolute atomic E-state index is 0.460. The van der Waals surface area contributed by atoms with Crippen LogP contribution in [0.4, 0.5) is 28.4 Å². The lowest BCUT2D eigenvalue weighted by Crippen LogP contribution is -1.95. The average molecular weight is 341 g/mol. The van der Waals surface area contributed by atoms with Crippen LogP contribution >= 0.6 is 23.2 Å². The number of nitrogens with one attached hydrogen (secondary N) is 1. The number of rotatable bonds is 3. The molecule has 1 aliphatic rings. The summed E-state index contributed by atoms with van der Waals surface area (Å²) in [6.07, 6.45) is 0. The zero-order valence-corrected chi connectivity index (χ0v) is 13.2. The third-order valence-electron chi connectivity index (χ3n) is 2.88. The minimum atomic E-state index is 0.460. The maximum atomic E-state index is 6.26. The van der Waals surface area contributed by atoms with Crippen LogP contribution in [0.2, 0.25) is 10.0 Å². The van der Waals surface area contributed by atoms with Crippen molar-refractivity contribution in [2.45, 2.75) is 0 Å². The molecule has 0 saturated carbocycles. The number of benzene rings is 2. The fourth-order valence-electron chi connectivity index (χ4n) is 1.95. The number of methoxy groups -OCH3 is 1. The van der Waals surface area contributed by atoms with Gasteiger partial charge in [0.15, 0.2) is 0 Å². The molecule has 0 saturated heterocycles. The molecule has 0 bridgehead atoms. The van der Waals surface area contributed by atoms with E-state index in [1.807, 2.05) is 6.07 Å². The summed E-state index contributed by atoms with van der Waals surface area (Å²) in [6.45, 7) is 0. The van der Waals surface area contributed by atoms with Gasteiger partial charge in [0.1, 0.15) is 17.1 Å². The highest BCUT2D eigenvalue weighted by molar-refractivity contribution is 7.58. The second kappa shape index (κ2) is 5.55. The fraction of sp³-hybridized carbons (Fsp3) is 0.0769. The van der Waals surface area contributed by atoms with Crippen LogP contribution in [0.25, 0.3) is 0 Å². The van der Waals surface area contributed by atoms with Gasteiger partial charge in [-0.25, -0.2) is 0 Å². The van der Waals surface area contributed by atoms with E-state index < -0.39 is 0 Å². The first-order valence-corrected chi connectivity index (χ1v) is 7.39. The van der Waals surface area contributed by atoms with Crippen LogP contribution in [-0.4, -0.2) is 7.11 Å². The van der Waals surface area contributed by atoms with Gasteiger partial charge in [-0.15, -0.1) is 0 Å². The van der Waals surface area contributed by atoms with Gasteiger partial charge in [-0.3, -0.25) is 0 Å². The van der Waals surface area contributed by atoms with Gasteiger partial charge in [0, 0.05) is 23.5 Å². The Bertz CT molecular complexity index is 803. The summed E-state index contributed by atoms with van der Waals surface area (Å²) in [5, 5.41) is 4.13. The van der Waals surface area contributed by atoms with E-state index in [4.69, 9.17) is 33.7 Å². The highest BCUT2D eigenvalue weighted by atomic mass is 35.5. The van der Waals surface area contributed by atoms with Crippen molar-refractivity contribution in [3.8, 4) is 5.75 Å². The van der Waals surface area contributed by atoms with E-state index in [1.54, 1.807) is 25.3 Å². The summed E-state index contributed by atoms with van der Waals surface area (Å²) in [6, 6.07) is 6.96. The van der Waals surface area contributed by atoms with Crippen LogP contribution in [0.3, 0.4) is 0 Å². The number of hydrogen-bond acceptors (Lipinski definition) is 5. The third-order valence-corrected chi connectivity index (χ3v) is 3.99. The third kappa shape index (κ3) is 2.70. The second-order valence-electron chi connectivity index (χ2n) is 4.30. The lowest BCUT2D eigenvalue weighted by atomic mass is 10.2. The number of halogens is 2. The number of anilines is 3. The normalized spacial score (nSPS) is 12.0. The zero-order chi connectivity index (χ0) is 15.0. The van der Waals surface area contributed by atoms with E-state index in [1.165, 1.54) is 0 Å². The Kier molecular flexibility index (Phi) is 3.75. The molecule has 0 amide bonds. The lowest BCUT2D eigenvalue weighted by molar-refractivity contribution is 0.415. The summed E-state index contributed by atoms with van der Waals surface area (Å²) >= 11 is 13.4. The fourth-order valence-corrected chi connectivity index (χ4v) is 3.11. The van der Waals surface area contributed by atoms with Crippen LogP contribution in [0.1, 0.15) is 0 Å². The summed E-state index contributed by atoms with van der Waals surface area (Å²) in [5.74, 6) is 0.648. The van der Waals surface area contributed by atoms with Gasteiger partial charge in [-0.1, -0.05) is 23.2 Å². The van der Waals surface area contributed by atoms with Gasteiger partial charge in [0.25, 0.3) is 0 Å². The highest BCUT2D eigenvalue weighted by Crippen LogP contribution is 2.48. The Morgan fingerprint density at radius 2 is 1.86 bits per heavy atom. The molecule has 0 spiro atoms. The molecule has 3 N–H and O–H groups in total. The van der Waals surface area contributed by atoms with Crippen LogP contribution in [0, 0.1) is 0 Å². The van der Waals surface area contributed by atoms with Gasteiger partial charge in [-0.05, 0) is 12.1 Å². The standard InChI is InChI=1S/C13H10Cl2N4OS/c1-20-8-3-6(16)2-7(4-8)17-11-9(14)5-10(15)12-13(11)19-21-18-12/h2-5,17H,16H2,1H3. The summed E-state index contributed by atoms with van der Waals surface area (Å²) < 4.78 is 13.6. The molecule has 5 nitrogen and oxygen atoms in total. The van der Waals surface area contributed by atoms with Crippen molar-refractivity contribution in [3.63, 3.8) is 0 Å². The molecule has 0 unspecified atom stereocenters. The molecule has 1 aliphatic heterocycles. The van der Waals surface area contributed by atoms with E-state index >= 15 is 0 Å². The van der Waals surface area contributed by atoms with E-state index in [-0.39, 0.29) is 0 Å². The van der Waals surface area contributed by atoms with E-state index in [0.29, 0.717) is 38.5 Å². The Labute approximate surface area is 134 Å². The molecule has 0 radical (unpaired) electrons. The molecule has 0 atom stereocenters. The first-order chi connectivity index (χ1) is 10.1. The van der Waals surface area contributed by atoms with E-state index in [9.17, 15) is 0 Å². The van der Waals surface area contributed by atoms with E-state index in [0.717, 1.165) is 17.0 Å². The van der Waals surface area contributed by atoms with Crippen LogP contribution in [0.5, 0.6) is 5.75 Å². The molecule has 2 aromatic carbocycles. The predicted octanol–water partition coefficient (Wildman–Crippen LogP) is 5.05. The number of nitrogens with two attached hydrogens (primary N) is 1. The van der Waals surface area contributed by atoms with Gasteiger partial charge in [0.2, 0.25) is 0 Å². The van der Waals surface area contributed by atoms with Gasteiger partial charge >= 0.3 is 0 Å². The Morgan fingerprint density at radius 1 is 1.10 bits per heavy atom. The van der Waals surface area contributed by atoms with Crippen LogP contribution in [-0.2, 0) is 11.4 Å². The minimum Gasteiger partial charge on any atom is -0.497 e. The van der Waals surface area contributed by atoms with Crippen molar-refractivity contribution in [1.29, 1.82) is 0 Å². The maximum absolute atomic E-state index is 6.26. The lowest BCUT2D eigenvalue weighted by Gasteiger charge is -2.13. The molecule has 21 heavy (non-hydrogen) atoms. The van der Waals surface area contributed by atoms with E-state index in [2.05, 4.69) is 14.0 Å². The molecule has 0 fully saturated rings. The van der Waals surface area contributed by atoms with Gasteiger partial charge in [0.05, 0.1) is 34.2 Å². The number of nitrogen functional groups attached to an aromatic ring is 1. The number of hydrogen-bond donors (Lipinski definition) is 2. The molecule has 0 aromatic heterocycles.